The summed E-state index contributed by atoms with van der Waals surface area (Å²) in [5, 5.41) is 0. The number of benzene rings is 1. The van der Waals surface area contributed by atoms with Crippen LogP contribution in [0.3, 0.4) is 0 Å². The molecular weight excluding hydrogens is 210 g/mol. The summed E-state index contributed by atoms with van der Waals surface area (Å²) in [5.74, 6) is 0.458. The largest absolute Gasteiger partial charge is 0.366 e. The van der Waals surface area contributed by atoms with Crippen molar-refractivity contribution in [1.29, 1.82) is 0 Å². The molecule has 2 N–H and O–H groups in total. The van der Waals surface area contributed by atoms with Gasteiger partial charge in [-0.15, -0.1) is 0 Å². The van der Waals surface area contributed by atoms with E-state index in [1.54, 1.807) is 0 Å². The Morgan fingerprint density at radius 3 is 1.82 bits per heavy atom. The third kappa shape index (κ3) is 2.87. The molecule has 1 aromatic rings. The van der Waals surface area contributed by atoms with Gasteiger partial charge in [0.1, 0.15) is 0 Å². The topological polar surface area (TPSA) is 43.1 Å². The number of nitrogens with two attached hydrogens (primary N) is 1. The summed E-state index contributed by atoms with van der Waals surface area (Å²) in [6.07, 6.45) is 2.04. The molecule has 2 unspecified atom stereocenters. The average Bonchev–Trinajstić information content (AvgIpc) is 2.35. The number of rotatable bonds is 5. The Bertz CT molecular complexity index is 370. The predicted molar refractivity (Wildman–Crippen MR) is 72.4 cm³/mol. The molecule has 0 aromatic heterocycles. The molecule has 0 aliphatic rings. The molecule has 0 bridgehead atoms. The lowest BCUT2D eigenvalue weighted by atomic mass is 9.85. The minimum Gasteiger partial charge on any atom is -0.366 e. The Morgan fingerprint density at radius 1 is 1.12 bits per heavy atom. The van der Waals surface area contributed by atoms with Gasteiger partial charge in [-0.25, -0.2) is 0 Å². The van der Waals surface area contributed by atoms with E-state index in [1.165, 1.54) is 0 Å². The number of carbonyl (C=O) groups is 1. The number of hydrogen-bond acceptors (Lipinski definition) is 1. The van der Waals surface area contributed by atoms with Crippen molar-refractivity contribution in [3.05, 3.63) is 34.9 Å². The van der Waals surface area contributed by atoms with Crippen LogP contribution in [-0.2, 0) is 0 Å². The third-order valence-corrected chi connectivity index (χ3v) is 3.66. The lowest BCUT2D eigenvalue weighted by Crippen LogP contribution is -2.18. The number of primary amides is 1. The van der Waals surface area contributed by atoms with Gasteiger partial charge in [-0.05, 0) is 35.8 Å². The molecule has 1 aromatic carbocycles. The van der Waals surface area contributed by atoms with Crippen LogP contribution in [0.2, 0.25) is 0 Å². The van der Waals surface area contributed by atoms with E-state index in [0.717, 1.165) is 29.5 Å². The van der Waals surface area contributed by atoms with E-state index in [2.05, 4.69) is 27.7 Å². The Morgan fingerprint density at radius 2 is 1.53 bits per heavy atom. The van der Waals surface area contributed by atoms with E-state index in [4.69, 9.17) is 5.73 Å². The van der Waals surface area contributed by atoms with Gasteiger partial charge in [-0.2, -0.15) is 0 Å². The molecule has 0 saturated carbocycles. The van der Waals surface area contributed by atoms with E-state index in [9.17, 15) is 4.79 Å². The van der Waals surface area contributed by atoms with E-state index in [1.807, 2.05) is 18.2 Å². The molecule has 0 heterocycles. The van der Waals surface area contributed by atoms with Crippen molar-refractivity contribution in [3.63, 3.8) is 0 Å². The molecule has 0 spiro atoms. The van der Waals surface area contributed by atoms with Crippen molar-refractivity contribution in [1.82, 2.24) is 0 Å². The molecule has 0 aliphatic carbocycles. The third-order valence-electron chi connectivity index (χ3n) is 3.66. The summed E-state index contributed by atoms with van der Waals surface area (Å²) in [5.41, 5.74) is 8.50. The Labute approximate surface area is 104 Å². The van der Waals surface area contributed by atoms with Gasteiger partial charge in [0, 0.05) is 5.56 Å². The molecule has 2 heteroatoms. The number of hydrogen-bond donors (Lipinski definition) is 1. The van der Waals surface area contributed by atoms with Crippen LogP contribution in [0.15, 0.2) is 18.2 Å². The highest BCUT2D eigenvalue weighted by Gasteiger charge is 2.19. The van der Waals surface area contributed by atoms with E-state index >= 15 is 0 Å². The van der Waals surface area contributed by atoms with Crippen molar-refractivity contribution in [3.8, 4) is 0 Å². The minimum absolute atomic E-state index is 0.295. The number of amides is 1. The van der Waals surface area contributed by atoms with Crippen molar-refractivity contribution in [2.75, 3.05) is 0 Å². The lowest BCUT2D eigenvalue weighted by molar-refractivity contribution is 0.0997. The SMILES string of the molecule is CCC(C)c1cccc(C(C)CC)c1C(N)=O. The molecule has 2 nitrogen and oxygen atoms in total. The highest BCUT2D eigenvalue weighted by molar-refractivity contribution is 5.96. The zero-order valence-corrected chi connectivity index (χ0v) is 11.3. The van der Waals surface area contributed by atoms with Crippen molar-refractivity contribution in [2.24, 2.45) is 5.73 Å². The molecule has 17 heavy (non-hydrogen) atoms. The monoisotopic (exact) mass is 233 g/mol. The van der Waals surface area contributed by atoms with Crippen LogP contribution in [0.5, 0.6) is 0 Å². The molecular formula is C15H23NO. The fraction of sp³-hybridized carbons (Fsp3) is 0.533. The van der Waals surface area contributed by atoms with E-state index < -0.39 is 0 Å². The normalized spacial score (nSPS) is 14.4. The van der Waals surface area contributed by atoms with E-state index in [0.29, 0.717) is 11.8 Å². The average molecular weight is 233 g/mol. The van der Waals surface area contributed by atoms with Crippen LogP contribution in [0.4, 0.5) is 0 Å². The zero-order valence-electron chi connectivity index (χ0n) is 11.3. The molecule has 1 amide bonds. The van der Waals surface area contributed by atoms with E-state index in [-0.39, 0.29) is 5.91 Å². The van der Waals surface area contributed by atoms with Gasteiger partial charge in [0.05, 0.1) is 0 Å². The second kappa shape index (κ2) is 5.85. The van der Waals surface area contributed by atoms with Crippen molar-refractivity contribution >= 4 is 5.91 Å². The summed E-state index contributed by atoms with van der Waals surface area (Å²) in [7, 11) is 0. The highest BCUT2D eigenvalue weighted by Crippen LogP contribution is 2.30. The quantitative estimate of drug-likeness (QED) is 0.825. The van der Waals surface area contributed by atoms with Gasteiger partial charge in [0.15, 0.2) is 0 Å². The van der Waals surface area contributed by atoms with Crippen LogP contribution >= 0.6 is 0 Å². The van der Waals surface area contributed by atoms with Crippen molar-refractivity contribution in [2.45, 2.75) is 52.4 Å². The van der Waals surface area contributed by atoms with Gasteiger partial charge < -0.3 is 5.73 Å². The standard InChI is InChI=1S/C15H23NO/c1-5-10(3)12-8-7-9-13(11(4)6-2)14(12)15(16)17/h7-11H,5-6H2,1-4H3,(H2,16,17). The Hall–Kier alpha value is -1.31. The van der Waals surface area contributed by atoms with Crippen LogP contribution < -0.4 is 5.73 Å². The number of carbonyl (C=O) groups excluding carboxylic acids is 1. The zero-order chi connectivity index (χ0) is 13.0. The van der Waals surface area contributed by atoms with Crippen LogP contribution in [0, 0.1) is 0 Å². The minimum atomic E-state index is -0.295. The smallest absolute Gasteiger partial charge is 0.249 e. The first-order chi connectivity index (χ1) is 8.02. The maximum Gasteiger partial charge on any atom is 0.249 e. The Kier molecular flexibility index (Phi) is 4.73. The maximum atomic E-state index is 11.7. The molecule has 0 radical (unpaired) electrons. The van der Waals surface area contributed by atoms with Gasteiger partial charge >= 0.3 is 0 Å². The van der Waals surface area contributed by atoms with Gasteiger partial charge in [-0.3, -0.25) is 4.79 Å². The molecule has 0 saturated heterocycles. The first kappa shape index (κ1) is 13.8. The van der Waals surface area contributed by atoms with Gasteiger partial charge in [-0.1, -0.05) is 45.9 Å². The predicted octanol–water partition coefficient (Wildman–Crippen LogP) is 3.81. The maximum absolute atomic E-state index is 11.7. The van der Waals surface area contributed by atoms with Crippen LogP contribution in [-0.4, -0.2) is 5.91 Å². The second-order valence-corrected chi connectivity index (χ2v) is 4.79. The second-order valence-electron chi connectivity index (χ2n) is 4.79. The first-order valence-corrected chi connectivity index (χ1v) is 6.45. The van der Waals surface area contributed by atoms with Crippen LogP contribution in [0.1, 0.15) is 73.9 Å². The fourth-order valence-electron chi connectivity index (χ4n) is 2.13. The Balaban J connectivity index is 3.37. The van der Waals surface area contributed by atoms with Crippen LogP contribution in [0.25, 0.3) is 0 Å². The molecule has 1 rings (SSSR count). The first-order valence-electron chi connectivity index (χ1n) is 6.45. The van der Waals surface area contributed by atoms with Gasteiger partial charge in [0.2, 0.25) is 5.91 Å². The van der Waals surface area contributed by atoms with Crippen molar-refractivity contribution < 1.29 is 4.79 Å². The summed E-state index contributed by atoms with van der Waals surface area (Å²) in [4.78, 5) is 11.7. The lowest BCUT2D eigenvalue weighted by Gasteiger charge is -2.19. The summed E-state index contributed by atoms with van der Waals surface area (Å²) < 4.78 is 0. The molecule has 2 atom stereocenters. The molecule has 0 fully saturated rings. The summed E-state index contributed by atoms with van der Waals surface area (Å²) >= 11 is 0. The molecule has 94 valence electrons. The highest BCUT2D eigenvalue weighted by atomic mass is 16.1. The summed E-state index contributed by atoms with van der Waals surface area (Å²) in [6.45, 7) is 8.54. The van der Waals surface area contributed by atoms with Gasteiger partial charge in [0.25, 0.3) is 0 Å². The summed E-state index contributed by atoms with van der Waals surface area (Å²) in [6, 6.07) is 6.09. The molecule has 0 aliphatic heterocycles. The fourth-order valence-corrected chi connectivity index (χ4v) is 2.13.